The van der Waals surface area contributed by atoms with Crippen LogP contribution >= 0.6 is 0 Å². The van der Waals surface area contributed by atoms with Gasteiger partial charge in [-0.25, -0.2) is 0 Å². The summed E-state index contributed by atoms with van der Waals surface area (Å²) in [6, 6.07) is 0. The van der Waals surface area contributed by atoms with E-state index >= 15 is 0 Å². The van der Waals surface area contributed by atoms with E-state index in [2.05, 4.69) is 0 Å². The number of carbonyl (C=O) groups is 2. The van der Waals surface area contributed by atoms with Crippen LogP contribution in [0, 0.1) is 5.92 Å². The van der Waals surface area contributed by atoms with Crippen LogP contribution in [-0.4, -0.2) is 24.1 Å². The molecule has 0 bridgehead atoms. The molecule has 0 aromatic carbocycles. The van der Waals surface area contributed by atoms with E-state index in [4.69, 9.17) is 9.47 Å². The van der Waals surface area contributed by atoms with E-state index < -0.39 is 5.60 Å². The Bertz CT molecular complexity index is 291. The molecule has 0 aromatic rings. The second-order valence-electron chi connectivity index (χ2n) is 4.61. The van der Waals surface area contributed by atoms with Crippen molar-refractivity contribution in [1.29, 1.82) is 0 Å². The van der Waals surface area contributed by atoms with Crippen LogP contribution in [0.1, 0.15) is 45.4 Å². The molecule has 90 valence electrons. The number of carbonyl (C=O) groups excluding carboxylic acids is 2. The van der Waals surface area contributed by atoms with Crippen LogP contribution in [0.2, 0.25) is 0 Å². The average Bonchev–Trinajstić information content (AvgIpc) is 2.57. The topological polar surface area (TPSA) is 52.6 Å². The van der Waals surface area contributed by atoms with Crippen LogP contribution in [0.15, 0.2) is 0 Å². The van der Waals surface area contributed by atoms with Gasteiger partial charge < -0.3 is 9.47 Å². The van der Waals surface area contributed by atoms with Gasteiger partial charge in [0, 0.05) is 0 Å². The van der Waals surface area contributed by atoms with Crippen molar-refractivity contribution < 1.29 is 19.1 Å². The van der Waals surface area contributed by atoms with Crippen LogP contribution in [-0.2, 0) is 19.1 Å². The lowest BCUT2D eigenvalue weighted by Gasteiger charge is -2.35. The van der Waals surface area contributed by atoms with E-state index in [9.17, 15) is 9.59 Å². The first-order chi connectivity index (χ1) is 7.68. The molecule has 2 aliphatic rings. The molecule has 0 aromatic heterocycles. The molecule has 1 spiro atoms. The Morgan fingerprint density at radius 1 is 1.44 bits per heavy atom. The van der Waals surface area contributed by atoms with Crippen molar-refractivity contribution in [2.24, 2.45) is 5.92 Å². The van der Waals surface area contributed by atoms with Crippen LogP contribution in [0.3, 0.4) is 0 Å². The molecule has 4 heteroatoms. The summed E-state index contributed by atoms with van der Waals surface area (Å²) in [5.41, 5.74) is -0.540. The van der Waals surface area contributed by atoms with Crippen molar-refractivity contribution in [1.82, 2.24) is 0 Å². The minimum atomic E-state index is -0.540. The van der Waals surface area contributed by atoms with Gasteiger partial charge in [0.2, 0.25) is 0 Å². The summed E-state index contributed by atoms with van der Waals surface area (Å²) in [6.45, 7) is 2.14. The van der Waals surface area contributed by atoms with Crippen molar-refractivity contribution in [2.75, 3.05) is 6.61 Å². The predicted molar refractivity (Wildman–Crippen MR) is 56.6 cm³/mol. The Morgan fingerprint density at radius 2 is 2.12 bits per heavy atom. The zero-order valence-electron chi connectivity index (χ0n) is 9.66. The Labute approximate surface area is 95.3 Å². The minimum absolute atomic E-state index is 0.193. The maximum atomic E-state index is 11.8. The van der Waals surface area contributed by atoms with Gasteiger partial charge in [0.1, 0.15) is 11.5 Å². The Morgan fingerprint density at radius 3 is 2.75 bits per heavy atom. The van der Waals surface area contributed by atoms with Crippen molar-refractivity contribution in [3.8, 4) is 0 Å². The standard InChI is InChI=1S/C12H18O4/c1-2-15-11(14)9-8-10(13)16-12(9)6-4-3-5-7-12/h9H,2-8H2,1H3/t9-/m1/s1. The molecule has 1 saturated heterocycles. The summed E-state index contributed by atoms with van der Waals surface area (Å²) >= 11 is 0. The highest BCUT2D eigenvalue weighted by atomic mass is 16.6. The smallest absolute Gasteiger partial charge is 0.313 e. The summed E-state index contributed by atoms with van der Waals surface area (Å²) in [5, 5.41) is 0. The van der Waals surface area contributed by atoms with E-state index in [1.807, 2.05) is 0 Å². The Kier molecular flexibility index (Phi) is 3.17. The fourth-order valence-corrected chi connectivity index (χ4v) is 2.83. The third kappa shape index (κ3) is 1.93. The minimum Gasteiger partial charge on any atom is -0.466 e. The molecular formula is C12H18O4. The number of esters is 2. The maximum Gasteiger partial charge on any atom is 0.313 e. The molecule has 0 amide bonds. The second kappa shape index (κ2) is 4.44. The first-order valence-corrected chi connectivity index (χ1v) is 6.06. The van der Waals surface area contributed by atoms with Gasteiger partial charge in [-0.05, 0) is 32.6 Å². The molecule has 4 nitrogen and oxygen atoms in total. The number of hydrogen-bond donors (Lipinski definition) is 0. The van der Waals surface area contributed by atoms with Gasteiger partial charge in [0.15, 0.2) is 0 Å². The largest absolute Gasteiger partial charge is 0.466 e. The molecule has 1 aliphatic heterocycles. The molecule has 0 radical (unpaired) electrons. The van der Waals surface area contributed by atoms with Crippen molar-refractivity contribution in [3.63, 3.8) is 0 Å². The lowest BCUT2D eigenvalue weighted by molar-refractivity contribution is -0.161. The highest BCUT2D eigenvalue weighted by Gasteiger charge is 2.53. The highest BCUT2D eigenvalue weighted by molar-refractivity contribution is 5.84. The van der Waals surface area contributed by atoms with Crippen LogP contribution < -0.4 is 0 Å². The first-order valence-electron chi connectivity index (χ1n) is 6.06. The van der Waals surface area contributed by atoms with E-state index in [0.717, 1.165) is 32.1 Å². The SMILES string of the molecule is CCOC(=O)[C@H]1CC(=O)OC12CCCCC2. The molecule has 1 saturated carbocycles. The first kappa shape index (κ1) is 11.4. The van der Waals surface area contributed by atoms with Gasteiger partial charge in [0.05, 0.1) is 13.0 Å². The van der Waals surface area contributed by atoms with Gasteiger partial charge in [0.25, 0.3) is 0 Å². The normalized spacial score (nSPS) is 27.8. The van der Waals surface area contributed by atoms with E-state index in [1.165, 1.54) is 0 Å². The summed E-state index contributed by atoms with van der Waals surface area (Å²) in [4.78, 5) is 23.2. The van der Waals surface area contributed by atoms with E-state index in [1.54, 1.807) is 6.92 Å². The molecule has 1 heterocycles. The number of hydrogen-bond acceptors (Lipinski definition) is 4. The Balaban J connectivity index is 2.14. The third-order valence-electron chi connectivity index (χ3n) is 3.59. The van der Waals surface area contributed by atoms with Crippen molar-refractivity contribution in [2.45, 2.75) is 51.0 Å². The van der Waals surface area contributed by atoms with Crippen LogP contribution in [0.5, 0.6) is 0 Å². The van der Waals surface area contributed by atoms with Gasteiger partial charge >= 0.3 is 11.9 Å². The van der Waals surface area contributed by atoms with Crippen LogP contribution in [0.4, 0.5) is 0 Å². The summed E-state index contributed by atoms with van der Waals surface area (Å²) < 4.78 is 10.5. The summed E-state index contributed by atoms with van der Waals surface area (Å²) in [7, 11) is 0. The quantitative estimate of drug-likeness (QED) is 0.674. The summed E-state index contributed by atoms with van der Waals surface area (Å²) in [6.07, 6.45) is 5.03. The monoisotopic (exact) mass is 226 g/mol. The molecule has 2 rings (SSSR count). The van der Waals surface area contributed by atoms with E-state index in [-0.39, 0.29) is 24.3 Å². The van der Waals surface area contributed by atoms with Gasteiger partial charge in [-0.1, -0.05) is 6.42 Å². The zero-order chi connectivity index (χ0) is 11.6. The third-order valence-corrected chi connectivity index (χ3v) is 3.59. The fraction of sp³-hybridized carbons (Fsp3) is 0.833. The average molecular weight is 226 g/mol. The number of ether oxygens (including phenoxy) is 2. The van der Waals surface area contributed by atoms with Crippen molar-refractivity contribution in [3.05, 3.63) is 0 Å². The molecule has 16 heavy (non-hydrogen) atoms. The molecule has 2 fully saturated rings. The molecule has 1 atom stereocenters. The van der Waals surface area contributed by atoms with Crippen molar-refractivity contribution >= 4 is 11.9 Å². The lowest BCUT2D eigenvalue weighted by Crippen LogP contribution is -2.42. The van der Waals surface area contributed by atoms with Crippen LogP contribution in [0.25, 0.3) is 0 Å². The van der Waals surface area contributed by atoms with Gasteiger partial charge in [-0.15, -0.1) is 0 Å². The Hall–Kier alpha value is -1.06. The summed E-state index contributed by atoms with van der Waals surface area (Å²) in [5.74, 6) is -0.893. The molecule has 0 N–H and O–H groups in total. The molecule has 1 aliphatic carbocycles. The number of rotatable bonds is 2. The highest BCUT2D eigenvalue weighted by Crippen LogP contribution is 2.44. The maximum absolute atomic E-state index is 11.8. The second-order valence-corrected chi connectivity index (χ2v) is 4.61. The fourth-order valence-electron chi connectivity index (χ4n) is 2.83. The molecular weight excluding hydrogens is 208 g/mol. The predicted octanol–water partition coefficient (Wildman–Crippen LogP) is 1.82. The lowest BCUT2D eigenvalue weighted by atomic mass is 9.76. The zero-order valence-corrected chi connectivity index (χ0v) is 9.66. The molecule has 0 unspecified atom stereocenters. The van der Waals surface area contributed by atoms with Gasteiger partial charge in [-0.3, -0.25) is 9.59 Å². The van der Waals surface area contributed by atoms with Gasteiger partial charge in [-0.2, -0.15) is 0 Å². The van der Waals surface area contributed by atoms with E-state index in [0.29, 0.717) is 6.61 Å².